The second kappa shape index (κ2) is 6.14. The molecule has 0 atom stereocenters. The highest BCUT2D eigenvalue weighted by atomic mass is 32.1. The quantitative estimate of drug-likeness (QED) is 0.627. The summed E-state index contributed by atoms with van der Waals surface area (Å²) < 4.78 is 0. The molecule has 0 aliphatic heterocycles. The Morgan fingerprint density at radius 3 is 2.63 bits per heavy atom. The number of nitrogens with one attached hydrogen (secondary N) is 2. The van der Waals surface area contributed by atoms with Gasteiger partial charge in [0, 0.05) is 35.4 Å². The Balaban J connectivity index is 2.16. The van der Waals surface area contributed by atoms with E-state index in [-0.39, 0.29) is 5.69 Å². The minimum atomic E-state index is -0.394. The number of nitro benzene ring substituents is 1. The normalized spacial score (nSPS) is 10.2. The fraction of sp³-hybridized carbons (Fsp3) is 0.250. The second-order valence-corrected chi connectivity index (χ2v) is 4.61. The van der Waals surface area contributed by atoms with Crippen molar-refractivity contribution < 1.29 is 4.92 Å². The van der Waals surface area contributed by atoms with Gasteiger partial charge < -0.3 is 10.6 Å². The standard InChI is InChI=1S/C12H14N4O2S/c1-2-13-9-3-10(5-12(4-9)16(17)18)14-6-11-7-19-8-15-11/h3-5,7-8,13-14H,2,6H2,1H3. The molecular weight excluding hydrogens is 264 g/mol. The van der Waals surface area contributed by atoms with Gasteiger partial charge in [-0.05, 0) is 13.0 Å². The molecule has 0 aliphatic carbocycles. The maximum absolute atomic E-state index is 10.9. The van der Waals surface area contributed by atoms with Gasteiger partial charge in [0.05, 0.1) is 22.7 Å². The van der Waals surface area contributed by atoms with E-state index in [1.165, 1.54) is 23.5 Å². The summed E-state index contributed by atoms with van der Waals surface area (Å²) in [5, 5.41) is 19.0. The molecule has 0 bridgehead atoms. The van der Waals surface area contributed by atoms with Gasteiger partial charge >= 0.3 is 0 Å². The van der Waals surface area contributed by atoms with Crippen molar-refractivity contribution in [2.45, 2.75) is 13.5 Å². The predicted molar refractivity (Wildman–Crippen MR) is 76.7 cm³/mol. The molecule has 0 spiro atoms. The molecule has 0 amide bonds. The van der Waals surface area contributed by atoms with Crippen molar-refractivity contribution in [3.8, 4) is 0 Å². The fourth-order valence-corrected chi connectivity index (χ4v) is 2.20. The Kier molecular flexibility index (Phi) is 4.30. The number of rotatable bonds is 6. The number of hydrogen-bond donors (Lipinski definition) is 2. The van der Waals surface area contributed by atoms with E-state index in [9.17, 15) is 10.1 Å². The lowest BCUT2D eigenvalue weighted by atomic mass is 10.2. The minimum Gasteiger partial charge on any atom is -0.385 e. The van der Waals surface area contributed by atoms with Crippen LogP contribution in [0.1, 0.15) is 12.6 Å². The molecule has 1 aromatic carbocycles. The molecule has 100 valence electrons. The largest absolute Gasteiger partial charge is 0.385 e. The van der Waals surface area contributed by atoms with Gasteiger partial charge in [0.25, 0.3) is 5.69 Å². The zero-order valence-corrected chi connectivity index (χ0v) is 11.2. The van der Waals surface area contributed by atoms with Crippen molar-refractivity contribution >= 4 is 28.4 Å². The number of nitrogens with zero attached hydrogens (tertiary/aromatic N) is 2. The van der Waals surface area contributed by atoms with Crippen LogP contribution in [0.2, 0.25) is 0 Å². The number of hydrogen-bond acceptors (Lipinski definition) is 6. The van der Waals surface area contributed by atoms with Gasteiger partial charge in [0.15, 0.2) is 0 Å². The first-order valence-corrected chi connectivity index (χ1v) is 6.77. The van der Waals surface area contributed by atoms with Crippen LogP contribution in [-0.4, -0.2) is 16.5 Å². The van der Waals surface area contributed by atoms with Crippen LogP contribution >= 0.6 is 11.3 Å². The van der Waals surface area contributed by atoms with E-state index in [4.69, 9.17) is 0 Å². The van der Waals surface area contributed by atoms with Crippen LogP contribution in [0.4, 0.5) is 17.1 Å². The lowest BCUT2D eigenvalue weighted by Gasteiger charge is -2.08. The number of benzene rings is 1. The Morgan fingerprint density at radius 1 is 1.32 bits per heavy atom. The van der Waals surface area contributed by atoms with Crippen LogP contribution in [0.25, 0.3) is 0 Å². The summed E-state index contributed by atoms with van der Waals surface area (Å²) in [4.78, 5) is 14.6. The summed E-state index contributed by atoms with van der Waals surface area (Å²) in [6, 6.07) is 4.90. The van der Waals surface area contributed by atoms with Crippen molar-refractivity contribution in [1.29, 1.82) is 0 Å². The SMILES string of the molecule is CCNc1cc(NCc2cscn2)cc([N+](=O)[O-])c1. The van der Waals surface area contributed by atoms with Gasteiger partial charge in [-0.3, -0.25) is 10.1 Å². The van der Waals surface area contributed by atoms with Crippen LogP contribution in [0.5, 0.6) is 0 Å². The third kappa shape index (κ3) is 3.65. The Labute approximate surface area is 114 Å². The van der Waals surface area contributed by atoms with Crippen molar-refractivity contribution in [3.05, 3.63) is 44.9 Å². The summed E-state index contributed by atoms with van der Waals surface area (Å²) in [6.07, 6.45) is 0. The summed E-state index contributed by atoms with van der Waals surface area (Å²) in [6.45, 7) is 3.21. The maximum Gasteiger partial charge on any atom is 0.273 e. The van der Waals surface area contributed by atoms with E-state index in [0.29, 0.717) is 18.8 Å². The molecule has 0 unspecified atom stereocenters. The molecule has 2 N–H and O–H groups in total. The van der Waals surface area contributed by atoms with Crippen LogP contribution in [0, 0.1) is 10.1 Å². The van der Waals surface area contributed by atoms with Crippen molar-refractivity contribution in [2.24, 2.45) is 0 Å². The fourth-order valence-electron chi connectivity index (χ4n) is 1.64. The molecule has 0 radical (unpaired) electrons. The van der Waals surface area contributed by atoms with Crippen molar-refractivity contribution in [1.82, 2.24) is 4.98 Å². The zero-order valence-electron chi connectivity index (χ0n) is 10.4. The number of non-ortho nitro benzene ring substituents is 1. The van der Waals surface area contributed by atoms with Gasteiger partial charge in [-0.2, -0.15) is 0 Å². The summed E-state index contributed by atoms with van der Waals surface area (Å²) in [5.74, 6) is 0. The third-order valence-electron chi connectivity index (χ3n) is 2.47. The molecule has 2 rings (SSSR count). The van der Waals surface area contributed by atoms with Gasteiger partial charge in [-0.15, -0.1) is 11.3 Å². The zero-order chi connectivity index (χ0) is 13.7. The van der Waals surface area contributed by atoms with Crippen LogP contribution in [0.15, 0.2) is 29.1 Å². The van der Waals surface area contributed by atoms with E-state index in [2.05, 4.69) is 15.6 Å². The molecule has 1 aromatic heterocycles. The van der Waals surface area contributed by atoms with Crippen LogP contribution in [-0.2, 0) is 6.54 Å². The van der Waals surface area contributed by atoms with Crippen LogP contribution < -0.4 is 10.6 Å². The molecule has 19 heavy (non-hydrogen) atoms. The highest BCUT2D eigenvalue weighted by molar-refractivity contribution is 7.07. The summed E-state index contributed by atoms with van der Waals surface area (Å²) in [5.41, 5.74) is 4.19. The molecule has 2 aromatic rings. The molecular formula is C12H14N4O2S. The monoisotopic (exact) mass is 278 g/mol. The second-order valence-electron chi connectivity index (χ2n) is 3.89. The van der Waals surface area contributed by atoms with E-state index < -0.39 is 4.92 Å². The molecule has 0 fully saturated rings. The molecule has 0 saturated heterocycles. The summed E-state index contributed by atoms with van der Waals surface area (Å²) in [7, 11) is 0. The van der Waals surface area contributed by atoms with Crippen molar-refractivity contribution in [3.63, 3.8) is 0 Å². The summed E-state index contributed by atoms with van der Waals surface area (Å²) >= 11 is 1.52. The van der Waals surface area contributed by atoms with E-state index in [1.807, 2.05) is 18.4 Å². The van der Waals surface area contributed by atoms with Gasteiger partial charge in [-0.25, -0.2) is 4.98 Å². The van der Waals surface area contributed by atoms with Gasteiger partial charge in [0.1, 0.15) is 0 Å². The topological polar surface area (TPSA) is 80.1 Å². The average molecular weight is 278 g/mol. The maximum atomic E-state index is 10.9. The van der Waals surface area contributed by atoms with E-state index in [0.717, 1.165) is 11.4 Å². The Morgan fingerprint density at radius 2 is 2.05 bits per heavy atom. The molecule has 7 heteroatoms. The minimum absolute atomic E-state index is 0.0687. The number of nitro groups is 1. The molecule has 0 saturated carbocycles. The molecule has 1 heterocycles. The molecule has 0 aliphatic rings. The third-order valence-corrected chi connectivity index (χ3v) is 3.10. The van der Waals surface area contributed by atoms with Gasteiger partial charge in [0.2, 0.25) is 0 Å². The van der Waals surface area contributed by atoms with E-state index in [1.54, 1.807) is 5.51 Å². The van der Waals surface area contributed by atoms with Crippen LogP contribution in [0.3, 0.4) is 0 Å². The first kappa shape index (κ1) is 13.3. The lowest BCUT2D eigenvalue weighted by Crippen LogP contribution is -2.03. The highest BCUT2D eigenvalue weighted by Gasteiger charge is 2.09. The first-order valence-electron chi connectivity index (χ1n) is 5.83. The first-order chi connectivity index (χ1) is 9.19. The number of thiazole rings is 1. The van der Waals surface area contributed by atoms with E-state index >= 15 is 0 Å². The smallest absolute Gasteiger partial charge is 0.273 e. The Bertz CT molecular complexity index is 557. The average Bonchev–Trinajstić information content (AvgIpc) is 2.89. The van der Waals surface area contributed by atoms with Gasteiger partial charge in [-0.1, -0.05) is 0 Å². The van der Waals surface area contributed by atoms with Crippen molar-refractivity contribution in [2.75, 3.05) is 17.2 Å². The highest BCUT2D eigenvalue weighted by Crippen LogP contribution is 2.24. The number of anilines is 2. The molecule has 6 nitrogen and oxygen atoms in total. The Hall–Kier alpha value is -2.15. The lowest BCUT2D eigenvalue weighted by molar-refractivity contribution is -0.384. The predicted octanol–water partition coefficient (Wildman–Crippen LogP) is 3.10. The number of aromatic nitrogens is 1.